The number of hydrogen-bond acceptors (Lipinski definition) is 3. The Bertz CT molecular complexity index is 772. The molecule has 102 valence electrons. The van der Waals surface area contributed by atoms with E-state index in [1.165, 1.54) is 0 Å². The highest BCUT2D eigenvalue weighted by atomic mass is 79.9. The Morgan fingerprint density at radius 2 is 2.05 bits per heavy atom. The topological polar surface area (TPSA) is 61.7 Å². The number of hydrogen-bond donors (Lipinski definition) is 1. The number of nitrogens with two attached hydrogens (primary N) is 1. The third-order valence-electron chi connectivity index (χ3n) is 3.15. The molecule has 0 atom stereocenters. The second kappa shape index (κ2) is 4.79. The van der Waals surface area contributed by atoms with Gasteiger partial charge in [0.05, 0.1) is 11.9 Å². The van der Waals surface area contributed by atoms with Crippen LogP contribution >= 0.6 is 15.9 Å². The molecule has 0 amide bonds. The first-order chi connectivity index (χ1) is 9.56. The van der Waals surface area contributed by atoms with E-state index in [9.17, 15) is 0 Å². The van der Waals surface area contributed by atoms with E-state index < -0.39 is 0 Å². The van der Waals surface area contributed by atoms with E-state index in [1.807, 2.05) is 49.1 Å². The molecule has 0 aliphatic rings. The molecule has 3 rings (SSSR count). The second-order valence-electron chi connectivity index (χ2n) is 4.67. The lowest BCUT2D eigenvalue weighted by atomic mass is 10.0. The Hall–Kier alpha value is -2.08. The van der Waals surface area contributed by atoms with Gasteiger partial charge >= 0.3 is 0 Å². The second-order valence-corrected chi connectivity index (χ2v) is 5.58. The van der Waals surface area contributed by atoms with Gasteiger partial charge in [-0.25, -0.2) is 4.98 Å². The fourth-order valence-corrected chi connectivity index (χ4v) is 2.58. The molecule has 3 aromatic rings. The first-order valence-corrected chi connectivity index (χ1v) is 6.92. The number of nitrogens with zero attached hydrogens (tertiary/aromatic N) is 4. The zero-order valence-electron chi connectivity index (χ0n) is 11.2. The van der Waals surface area contributed by atoms with Gasteiger partial charge in [0, 0.05) is 24.8 Å². The smallest absolute Gasteiger partial charge is 0.129 e. The van der Waals surface area contributed by atoms with Crippen molar-refractivity contribution in [3.63, 3.8) is 0 Å². The summed E-state index contributed by atoms with van der Waals surface area (Å²) in [6.07, 6.45) is 3.69. The van der Waals surface area contributed by atoms with E-state index in [4.69, 9.17) is 5.73 Å². The minimum Gasteiger partial charge on any atom is -0.383 e. The highest BCUT2D eigenvalue weighted by Gasteiger charge is 2.19. The van der Waals surface area contributed by atoms with Gasteiger partial charge in [0.25, 0.3) is 0 Å². The molecule has 0 bridgehead atoms. The highest BCUT2D eigenvalue weighted by Crippen LogP contribution is 2.35. The highest BCUT2D eigenvalue weighted by molar-refractivity contribution is 9.10. The van der Waals surface area contributed by atoms with Gasteiger partial charge in [0.2, 0.25) is 0 Å². The molecule has 0 saturated carbocycles. The largest absolute Gasteiger partial charge is 0.383 e. The Morgan fingerprint density at radius 3 is 2.70 bits per heavy atom. The van der Waals surface area contributed by atoms with Gasteiger partial charge in [0.15, 0.2) is 0 Å². The minimum absolute atomic E-state index is 0.628. The van der Waals surface area contributed by atoms with Crippen molar-refractivity contribution in [1.82, 2.24) is 19.3 Å². The minimum atomic E-state index is 0.628. The summed E-state index contributed by atoms with van der Waals surface area (Å²) >= 11 is 3.49. The average molecular weight is 332 g/mol. The Kier molecular flexibility index (Phi) is 3.10. The van der Waals surface area contributed by atoms with Crippen molar-refractivity contribution in [2.75, 3.05) is 5.73 Å². The van der Waals surface area contributed by atoms with E-state index in [0.29, 0.717) is 5.82 Å². The van der Waals surface area contributed by atoms with Gasteiger partial charge < -0.3 is 10.3 Å². The molecule has 0 unspecified atom stereocenters. The molecule has 6 heteroatoms. The van der Waals surface area contributed by atoms with Crippen LogP contribution < -0.4 is 5.73 Å². The molecule has 0 spiro atoms. The molecule has 0 fully saturated rings. The Balaban J connectivity index is 2.24. The quantitative estimate of drug-likeness (QED) is 0.785. The maximum absolute atomic E-state index is 6.18. The van der Waals surface area contributed by atoms with Crippen LogP contribution in [0.4, 0.5) is 5.82 Å². The summed E-state index contributed by atoms with van der Waals surface area (Å²) in [5, 5.41) is 4.50. The third-order valence-corrected chi connectivity index (χ3v) is 3.65. The van der Waals surface area contributed by atoms with Gasteiger partial charge in [-0.15, -0.1) is 0 Å². The number of nitrogen functional groups attached to an aromatic ring is 1. The molecule has 1 aromatic carbocycles. The van der Waals surface area contributed by atoms with Crippen molar-refractivity contribution >= 4 is 21.7 Å². The van der Waals surface area contributed by atoms with Crippen molar-refractivity contribution < 1.29 is 0 Å². The number of anilines is 1. The molecular weight excluding hydrogens is 318 g/mol. The molecule has 20 heavy (non-hydrogen) atoms. The van der Waals surface area contributed by atoms with Gasteiger partial charge in [-0.1, -0.05) is 28.1 Å². The van der Waals surface area contributed by atoms with Crippen LogP contribution in [0.5, 0.6) is 0 Å². The Labute approximate surface area is 125 Å². The van der Waals surface area contributed by atoms with E-state index in [2.05, 4.69) is 26.0 Å². The first kappa shape index (κ1) is 12.9. The molecule has 0 aliphatic carbocycles. The monoisotopic (exact) mass is 331 g/mol. The zero-order chi connectivity index (χ0) is 14.3. The van der Waals surface area contributed by atoms with Crippen molar-refractivity contribution in [2.45, 2.75) is 0 Å². The van der Waals surface area contributed by atoms with Crippen LogP contribution in [-0.4, -0.2) is 19.3 Å². The summed E-state index contributed by atoms with van der Waals surface area (Å²) in [7, 11) is 3.77. The molecule has 5 nitrogen and oxygen atoms in total. The van der Waals surface area contributed by atoms with E-state index in [1.54, 1.807) is 11.0 Å². The number of benzene rings is 1. The standard InChI is InChI=1S/C14H14BrN5/c1-19-7-11(17-8-19)13-12(14(16)20(2)18-13)9-4-3-5-10(15)6-9/h3-8H,16H2,1-2H3. The third kappa shape index (κ3) is 2.12. The summed E-state index contributed by atoms with van der Waals surface area (Å²) < 4.78 is 4.58. The van der Waals surface area contributed by atoms with Crippen molar-refractivity contribution in [3.05, 3.63) is 41.3 Å². The summed E-state index contributed by atoms with van der Waals surface area (Å²) in [5.41, 5.74) is 9.72. The summed E-state index contributed by atoms with van der Waals surface area (Å²) in [5.74, 6) is 0.628. The lowest BCUT2D eigenvalue weighted by Gasteiger charge is -2.03. The van der Waals surface area contributed by atoms with Crippen molar-refractivity contribution in [1.29, 1.82) is 0 Å². The number of imidazole rings is 1. The lowest BCUT2D eigenvalue weighted by molar-refractivity contribution is 0.781. The van der Waals surface area contributed by atoms with Crippen LogP contribution in [0.1, 0.15) is 0 Å². The first-order valence-electron chi connectivity index (χ1n) is 6.13. The summed E-state index contributed by atoms with van der Waals surface area (Å²) in [6, 6.07) is 8.01. The average Bonchev–Trinajstić information content (AvgIpc) is 2.95. The predicted molar refractivity (Wildman–Crippen MR) is 83.0 cm³/mol. The fraction of sp³-hybridized carbons (Fsp3) is 0.143. The van der Waals surface area contributed by atoms with Gasteiger partial charge in [-0.3, -0.25) is 4.68 Å². The normalized spacial score (nSPS) is 10.9. The Morgan fingerprint density at radius 1 is 1.25 bits per heavy atom. The van der Waals surface area contributed by atoms with Crippen LogP contribution in [0, 0.1) is 0 Å². The molecule has 2 N–H and O–H groups in total. The maximum Gasteiger partial charge on any atom is 0.129 e. The van der Waals surface area contributed by atoms with Crippen molar-refractivity contribution in [2.24, 2.45) is 14.1 Å². The van der Waals surface area contributed by atoms with E-state index in [0.717, 1.165) is 27.0 Å². The van der Waals surface area contributed by atoms with Crippen LogP contribution in [-0.2, 0) is 14.1 Å². The van der Waals surface area contributed by atoms with Crippen molar-refractivity contribution in [3.8, 4) is 22.5 Å². The summed E-state index contributed by atoms with van der Waals surface area (Å²) in [6.45, 7) is 0. The van der Waals surface area contributed by atoms with Gasteiger partial charge in [0.1, 0.15) is 17.2 Å². The maximum atomic E-state index is 6.18. The number of aromatic nitrogens is 4. The van der Waals surface area contributed by atoms with Crippen LogP contribution in [0.15, 0.2) is 41.3 Å². The number of rotatable bonds is 2. The molecule has 0 aliphatic heterocycles. The lowest BCUT2D eigenvalue weighted by Crippen LogP contribution is -1.97. The molecule has 2 aromatic heterocycles. The molecule has 0 saturated heterocycles. The molecule has 2 heterocycles. The van der Waals surface area contributed by atoms with Crippen LogP contribution in [0.25, 0.3) is 22.5 Å². The zero-order valence-corrected chi connectivity index (χ0v) is 12.8. The van der Waals surface area contributed by atoms with Gasteiger partial charge in [-0.05, 0) is 17.7 Å². The van der Waals surface area contributed by atoms with E-state index in [-0.39, 0.29) is 0 Å². The number of aryl methyl sites for hydroxylation is 2. The van der Waals surface area contributed by atoms with Crippen LogP contribution in [0.3, 0.4) is 0 Å². The molecule has 0 radical (unpaired) electrons. The number of halogens is 1. The fourth-order valence-electron chi connectivity index (χ4n) is 2.18. The summed E-state index contributed by atoms with van der Waals surface area (Å²) in [4.78, 5) is 4.37. The van der Waals surface area contributed by atoms with Gasteiger partial charge in [-0.2, -0.15) is 5.10 Å². The molecular formula is C14H14BrN5. The van der Waals surface area contributed by atoms with E-state index >= 15 is 0 Å². The van der Waals surface area contributed by atoms with Crippen LogP contribution in [0.2, 0.25) is 0 Å². The SMILES string of the molecule is Cn1cnc(-c2nn(C)c(N)c2-c2cccc(Br)c2)c1. The predicted octanol–water partition coefficient (Wildman–Crippen LogP) is 2.83.